The largest absolute Gasteiger partial charge is 0.490 e. The van der Waals surface area contributed by atoms with Crippen LogP contribution in [0.1, 0.15) is 19.8 Å². The number of amides is 3. The Morgan fingerprint density at radius 2 is 1.22 bits per heavy atom. The molecule has 3 amide bonds. The highest BCUT2D eigenvalue weighted by molar-refractivity contribution is 6.00. The summed E-state index contributed by atoms with van der Waals surface area (Å²) in [6, 6.07) is 23.3. The molecule has 3 aromatic rings. The number of ether oxygens (including phenoxy) is 2. The van der Waals surface area contributed by atoms with Crippen LogP contribution in [-0.4, -0.2) is 25.2 Å². The Labute approximate surface area is 187 Å². The molecule has 3 rings (SSSR count). The first kappa shape index (κ1) is 22.7. The second kappa shape index (κ2) is 12.0. The number of nitrogens with one attached hydrogen (secondary N) is 3. The molecule has 0 saturated heterocycles. The van der Waals surface area contributed by atoms with Crippen LogP contribution >= 0.6 is 0 Å². The molecule has 7 heteroatoms. The van der Waals surface area contributed by atoms with Crippen LogP contribution in [0, 0.1) is 0 Å². The second-order valence-electron chi connectivity index (χ2n) is 6.90. The molecule has 0 heterocycles. The van der Waals surface area contributed by atoms with Crippen molar-refractivity contribution in [1.82, 2.24) is 0 Å². The Hall–Kier alpha value is -4.00. The summed E-state index contributed by atoms with van der Waals surface area (Å²) in [6.45, 7) is 2.90. The Morgan fingerprint density at radius 1 is 0.688 bits per heavy atom. The van der Waals surface area contributed by atoms with Gasteiger partial charge in [-0.1, -0.05) is 30.3 Å². The first-order chi connectivity index (χ1) is 15.6. The molecule has 0 unspecified atom stereocenters. The van der Waals surface area contributed by atoms with Gasteiger partial charge in [0.2, 0.25) is 5.91 Å². The van der Waals surface area contributed by atoms with Gasteiger partial charge in [0.15, 0.2) is 11.5 Å². The maximum atomic E-state index is 12.2. The Bertz CT molecular complexity index is 1010. The second-order valence-corrected chi connectivity index (χ2v) is 6.90. The van der Waals surface area contributed by atoms with Gasteiger partial charge in [0.1, 0.15) is 0 Å². The van der Waals surface area contributed by atoms with Crippen LogP contribution in [0.15, 0.2) is 78.9 Å². The summed E-state index contributed by atoms with van der Waals surface area (Å²) >= 11 is 0. The van der Waals surface area contributed by atoms with E-state index in [9.17, 15) is 9.59 Å². The Balaban J connectivity index is 1.38. The van der Waals surface area contributed by atoms with E-state index in [-0.39, 0.29) is 11.9 Å². The zero-order chi connectivity index (χ0) is 22.6. The third kappa shape index (κ3) is 7.36. The summed E-state index contributed by atoms with van der Waals surface area (Å²) in [5.41, 5.74) is 1.99. The number of urea groups is 1. The maximum absolute atomic E-state index is 12.2. The Morgan fingerprint density at radius 3 is 1.84 bits per heavy atom. The lowest BCUT2D eigenvalue weighted by Crippen LogP contribution is -2.19. The van der Waals surface area contributed by atoms with Gasteiger partial charge in [-0.3, -0.25) is 4.79 Å². The number of hydrogen-bond acceptors (Lipinski definition) is 4. The van der Waals surface area contributed by atoms with E-state index < -0.39 is 0 Å². The van der Waals surface area contributed by atoms with Crippen LogP contribution in [0.2, 0.25) is 0 Å². The van der Waals surface area contributed by atoms with Gasteiger partial charge in [0, 0.05) is 23.5 Å². The number of para-hydroxylation sites is 3. The molecule has 0 radical (unpaired) electrons. The fraction of sp³-hybridized carbons (Fsp3) is 0.200. The maximum Gasteiger partial charge on any atom is 0.323 e. The van der Waals surface area contributed by atoms with Crippen LogP contribution < -0.4 is 25.4 Å². The summed E-state index contributed by atoms with van der Waals surface area (Å²) in [7, 11) is 0. The molecule has 0 atom stereocenters. The van der Waals surface area contributed by atoms with Gasteiger partial charge in [-0.05, 0) is 61.9 Å². The number of hydrogen-bond donors (Lipinski definition) is 3. The molecule has 7 nitrogen and oxygen atoms in total. The number of rotatable bonds is 10. The van der Waals surface area contributed by atoms with Crippen LogP contribution in [0.4, 0.5) is 21.9 Å². The van der Waals surface area contributed by atoms with Crippen molar-refractivity contribution in [3.63, 3.8) is 0 Å². The summed E-state index contributed by atoms with van der Waals surface area (Å²) in [6.07, 6.45) is 0.905. The highest BCUT2D eigenvalue weighted by atomic mass is 16.5. The summed E-state index contributed by atoms with van der Waals surface area (Å²) in [4.78, 5) is 24.2. The lowest BCUT2D eigenvalue weighted by atomic mass is 10.2. The van der Waals surface area contributed by atoms with E-state index in [0.717, 1.165) is 0 Å². The normalized spacial score (nSPS) is 10.2. The molecule has 0 spiro atoms. The minimum atomic E-state index is -0.334. The molecule has 0 aliphatic carbocycles. The van der Waals surface area contributed by atoms with E-state index >= 15 is 0 Å². The van der Waals surface area contributed by atoms with Crippen LogP contribution in [0.5, 0.6) is 11.5 Å². The van der Waals surface area contributed by atoms with Crippen LogP contribution in [0.25, 0.3) is 0 Å². The van der Waals surface area contributed by atoms with Crippen molar-refractivity contribution in [2.45, 2.75) is 19.8 Å². The van der Waals surface area contributed by atoms with Crippen molar-refractivity contribution in [3.8, 4) is 11.5 Å². The third-order valence-corrected chi connectivity index (χ3v) is 4.41. The average Bonchev–Trinajstić information content (AvgIpc) is 2.80. The van der Waals surface area contributed by atoms with Gasteiger partial charge >= 0.3 is 6.03 Å². The SMILES string of the molecule is CCOc1ccccc1OCCCC(=O)Nc1ccc(NC(=O)Nc2ccccc2)cc1. The van der Waals surface area contributed by atoms with E-state index in [4.69, 9.17) is 9.47 Å². The van der Waals surface area contributed by atoms with Crippen molar-refractivity contribution in [2.24, 2.45) is 0 Å². The van der Waals surface area contributed by atoms with E-state index in [2.05, 4.69) is 16.0 Å². The average molecular weight is 434 g/mol. The zero-order valence-electron chi connectivity index (χ0n) is 18.0. The van der Waals surface area contributed by atoms with Crippen molar-refractivity contribution in [1.29, 1.82) is 0 Å². The zero-order valence-corrected chi connectivity index (χ0v) is 18.0. The van der Waals surface area contributed by atoms with Crippen LogP contribution in [0.3, 0.4) is 0 Å². The van der Waals surface area contributed by atoms with E-state index in [1.807, 2.05) is 49.4 Å². The molecular weight excluding hydrogens is 406 g/mol. The van der Waals surface area contributed by atoms with Crippen molar-refractivity contribution < 1.29 is 19.1 Å². The molecule has 3 aromatic carbocycles. The summed E-state index contributed by atoms with van der Waals surface area (Å²) < 4.78 is 11.3. The Kier molecular flexibility index (Phi) is 8.50. The van der Waals surface area contributed by atoms with Gasteiger partial charge in [0.05, 0.1) is 13.2 Å². The molecule has 0 aromatic heterocycles. The molecular formula is C25H27N3O4. The lowest BCUT2D eigenvalue weighted by molar-refractivity contribution is -0.116. The smallest absolute Gasteiger partial charge is 0.323 e. The van der Waals surface area contributed by atoms with Crippen molar-refractivity contribution in [2.75, 3.05) is 29.2 Å². The molecule has 0 fully saturated rings. The summed E-state index contributed by atoms with van der Waals surface area (Å²) in [5.74, 6) is 1.27. The number of carbonyl (C=O) groups excluding carboxylic acids is 2. The van der Waals surface area contributed by atoms with Gasteiger partial charge in [-0.25, -0.2) is 4.79 Å². The van der Waals surface area contributed by atoms with Gasteiger partial charge < -0.3 is 25.4 Å². The first-order valence-corrected chi connectivity index (χ1v) is 10.5. The lowest BCUT2D eigenvalue weighted by Gasteiger charge is -2.11. The van der Waals surface area contributed by atoms with Gasteiger partial charge in [-0.2, -0.15) is 0 Å². The summed E-state index contributed by atoms with van der Waals surface area (Å²) in [5, 5.41) is 8.35. The monoisotopic (exact) mass is 433 g/mol. The highest BCUT2D eigenvalue weighted by Crippen LogP contribution is 2.26. The van der Waals surface area contributed by atoms with Crippen molar-refractivity contribution >= 4 is 29.0 Å². The number of anilines is 3. The van der Waals surface area contributed by atoms with E-state index in [1.165, 1.54) is 0 Å². The number of carbonyl (C=O) groups is 2. The molecule has 0 aliphatic heterocycles. The molecule has 32 heavy (non-hydrogen) atoms. The predicted molar refractivity (Wildman–Crippen MR) is 126 cm³/mol. The standard InChI is InChI=1S/C25H27N3O4/c1-2-31-22-11-6-7-12-23(22)32-18-8-13-24(29)26-20-14-16-21(17-15-20)28-25(30)27-19-9-4-3-5-10-19/h3-7,9-12,14-17H,2,8,13,18H2,1H3,(H,26,29)(H2,27,28,30). The van der Waals surface area contributed by atoms with E-state index in [0.29, 0.717) is 54.6 Å². The van der Waals surface area contributed by atoms with Crippen molar-refractivity contribution in [3.05, 3.63) is 78.9 Å². The van der Waals surface area contributed by atoms with Gasteiger partial charge in [-0.15, -0.1) is 0 Å². The number of benzene rings is 3. The minimum Gasteiger partial charge on any atom is -0.490 e. The fourth-order valence-corrected chi connectivity index (χ4v) is 2.93. The highest BCUT2D eigenvalue weighted by Gasteiger charge is 2.07. The van der Waals surface area contributed by atoms with E-state index in [1.54, 1.807) is 36.4 Å². The molecule has 0 aliphatic rings. The predicted octanol–water partition coefficient (Wildman–Crippen LogP) is 5.53. The molecule has 166 valence electrons. The first-order valence-electron chi connectivity index (χ1n) is 10.5. The molecule has 0 bridgehead atoms. The quantitative estimate of drug-likeness (QED) is 0.367. The topological polar surface area (TPSA) is 88.7 Å². The fourth-order valence-electron chi connectivity index (χ4n) is 2.93. The molecule has 3 N–H and O–H groups in total. The molecule has 0 saturated carbocycles. The third-order valence-electron chi connectivity index (χ3n) is 4.41. The van der Waals surface area contributed by atoms with Crippen LogP contribution in [-0.2, 0) is 4.79 Å². The minimum absolute atomic E-state index is 0.103. The van der Waals surface area contributed by atoms with Gasteiger partial charge in [0.25, 0.3) is 0 Å².